The molecule has 80 valence electrons. The Bertz CT molecular complexity index is 221. The minimum Gasteiger partial charge on any atom is -0.306 e. The highest BCUT2D eigenvalue weighted by Gasteiger charge is 1.90. The largest absolute Gasteiger partial charge is 0.306 e. The normalized spacial score (nSPS) is 12.8. The highest BCUT2D eigenvalue weighted by atomic mass is 15.0. The predicted molar refractivity (Wildman–Crippen MR) is 65.5 cm³/mol. The van der Waals surface area contributed by atoms with Crippen LogP contribution in [-0.4, -0.2) is 25.5 Å². The zero-order valence-corrected chi connectivity index (χ0v) is 10.0. The standard InChI is InChI=1S/C13H23N/c1-6-12(3)8-9-13(7-2)10-11-14(4)5/h8-10H,3,6-7,11H2,1-2,4-5H3/b9-8-,13-10-. The van der Waals surface area contributed by atoms with Crippen molar-refractivity contribution in [1.82, 2.24) is 4.90 Å². The fourth-order valence-corrected chi connectivity index (χ4v) is 0.973. The highest BCUT2D eigenvalue weighted by molar-refractivity contribution is 5.26. The Morgan fingerprint density at radius 3 is 2.21 bits per heavy atom. The third-order valence-electron chi connectivity index (χ3n) is 2.11. The first kappa shape index (κ1) is 13.2. The number of nitrogens with zero attached hydrogens (tertiary/aromatic N) is 1. The summed E-state index contributed by atoms with van der Waals surface area (Å²) >= 11 is 0. The Kier molecular flexibility index (Phi) is 7.13. The van der Waals surface area contributed by atoms with E-state index in [1.807, 2.05) is 0 Å². The van der Waals surface area contributed by atoms with Crippen LogP contribution in [0.15, 0.2) is 36.0 Å². The lowest BCUT2D eigenvalue weighted by Gasteiger charge is -2.06. The lowest BCUT2D eigenvalue weighted by molar-refractivity contribution is 0.455. The van der Waals surface area contributed by atoms with E-state index in [9.17, 15) is 0 Å². The molecule has 0 unspecified atom stereocenters. The van der Waals surface area contributed by atoms with Crippen LogP contribution >= 0.6 is 0 Å². The lowest BCUT2D eigenvalue weighted by atomic mass is 10.1. The number of allylic oxidation sites excluding steroid dienone is 4. The smallest absolute Gasteiger partial charge is 0.0162 e. The van der Waals surface area contributed by atoms with Crippen LogP contribution in [0.4, 0.5) is 0 Å². The van der Waals surface area contributed by atoms with Crippen LogP contribution in [0.25, 0.3) is 0 Å². The van der Waals surface area contributed by atoms with E-state index < -0.39 is 0 Å². The predicted octanol–water partition coefficient (Wildman–Crippen LogP) is 3.41. The monoisotopic (exact) mass is 193 g/mol. The second-order valence-corrected chi connectivity index (χ2v) is 3.74. The minimum atomic E-state index is 1.01. The van der Waals surface area contributed by atoms with Gasteiger partial charge in [0, 0.05) is 6.54 Å². The quantitative estimate of drug-likeness (QED) is 0.584. The van der Waals surface area contributed by atoms with E-state index >= 15 is 0 Å². The van der Waals surface area contributed by atoms with E-state index in [1.165, 1.54) is 11.1 Å². The van der Waals surface area contributed by atoms with Crippen molar-refractivity contribution in [1.29, 1.82) is 0 Å². The van der Waals surface area contributed by atoms with Crippen LogP contribution in [-0.2, 0) is 0 Å². The van der Waals surface area contributed by atoms with Gasteiger partial charge in [0.05, 0.1) is 0 Å². The Morgan fingerprint density at radius 1 is 1.14 bits per heavy atom. The van der Waals surface area contributed by atoms with Crippen LogP contribution < -0.4 is 0 Å². The Balaban J connectivity index is 4.21. The summed E-state index contributed by atoms with van der Waals surface area (Å²) in [6, 6.07) is 0. The van der Waals surface area contributed by atoms with Crippen molar-refractivity contribution >= 4 is 0 Å². The maximum atomic E-state index is 3.95. The van der Waals surface area contributed by atoms with E-state index in [1.54, 1.807) is 0 Å². The minimum absolute atomic E-state index is 1.01. The molecule has 0 amide bonds. The summed E-state index contributed by atoms with van der Waals surface area (Å²) in [6.45, 7) is 9.26. The summed E-state index contributed by atoms with van der Waals surface area (Å²) in [4.78, 5) is 2.16. The molecule has 0 N–H and O–H groups in total. The van der Waals surface area contributed by atoms with Crippen LogP contribution in [0.3, 0.4) is 0 Å². The Hall–Kier alpha value is -0.820. The fourth-order valence-electron chi connectivity index (χ4n) is 0.973. The second kappa shape index (κ2) is 7.57. The van der Waals surface area contributed by atoms with Gasteiger partial charge in [-0.15, -0.1) is 0 Å². The molecule has 0 fully saturated rings. The summed E-state index contributed by atoms with van der Waals surface area (Å²) in [7, 11) is 4.16. The molecule has 0 aliphatic rings. The summed E-state index contributed by atoms with van der Waals surface area (Å²) in [5, 5.41) is 0. The second-order valence-electron chi connectivity index (χ2n) is 3.74. The average molecular weight is 193 g/mol. The highest BCUT2D eigenvalue weighted by Crippen LogP contribution is 2.06. The van der Waals surface area contributed by atoms with Crippen LogP contribution in [0.1, 0.15) is 26.7 Å². The molecule has 0 aromatic heterocycles. The van der Waals surface area contributed by atoms with Crippen molar-refractivity contribution in [3.05, 3.63) is 36.0 Å². The van der Waals surface area contributed by atoms with Crippen molar-refractivity contribution in [3.63, 3.8) is 0 Å². The topological polar surface area (TPSA) is 3.24 Å². The third-order valence-corrected chi connectivity index (χ3v) is 2.11. The van der Waals surface area contributed by atoms with Crippen LogP contribution in [0.2, 0.25) is 0 Å². The number of likely N-dealkylation sites (N-methyl/N-ethyl adjacent to an activating group) is 1. The van der Waals surface area contributed by atoms with Crippen molar-refractivity contribution in [3.8, 4) is 0 Å². The van der Waals surface area contributed by atoms with E-state index in [2.05, 4.69) is 57.6 Å². The zero-order valence-electron chi connectivity index (χ0n) is 10.0. The van der Waals surface area contributed by atoms with Gasteiger partial charge in [0.15, 0.2) is 0 Å². The molecule has 0 aromatic rings. The SMILES string of the molecule is C=C(/C=C\C(=C/CN(C)C)CC)CC. The van der Waals surface area contributed by atoms with Gasteiger partial charge in [0.25, 0.3) is 0 Å². The summed E-state index contributed by atoms with van der Waals surface area (Å²) in [5.41, 5.74) is 2.57. The van der Waals surface area contributed by atoms with Gasteiger partial charge in [-0.05, 0) is 26.9 Å². The van der Waals surface area contributed by atoms with Gasteiger partial charge in [-0.25, -0.2) is 0 Å². The zero-order chi connectivity index (χ0) is 11.0. The van der Waals surface area contributed by atoms with Gasteiger partial charge in [0.1, 0.15) is 0 Å². The molecule has 0 heterocycles. The Morgan fingerprint density at radius 2 is 1.79 bits per heavy atom. The molecule has 0 aliphatic carbocycles. The molecular formula is C13H23N. The van der Waals surface area contributed by atoms with Gasteiger partial charge in [-0.1, -0.05) is 49.8 Å². The fraction of sp³-hybridized carbons (Fsp3) is 0.538. The molecule has 0 radical (unpaired) electrons. The first-order valence-corrected chi connectivity index (χ1v) is 5.29. The molecule has 0 spiro atoms. The number of hydrogen-bond acceptors (Lipinski definition) is 1. The van der Waals surface area contributed by atoms with Crippen molar-refractivity contribution < 1.29 is 0 Å². The first-order valence-electron chi connectivity index (χ1n) is 5.29. The van der Waals surface area contributed by atoms with Gasteiger partial charge in [0.2, 0.25) is 0 Å². The molecular weight excluding hydrogens is 170 g/mol. The molecule has 1 heteroatoms. The molecule has 0 rings (SSSR count). The number of hydrogen-bond donors (Lipinski definition) is 0. The third kappa shape index (κ3) is 6.67. The Labute approximate surface area is 88.8 Å². The van der Waals surface area contributed by atoms with Gasteiger partial charge in [-0.2, -0.15) is 0 Å². The molecule has 0 aromatic carbocycles. The first-order chi connectivity index (χ1) is 6.60. The van der Waals surface area contributed by atoms with Gasteiger partial charge >= 0.3 is 0 Å². The number of rotatable bonds is 6. The van der Waals surface area contributed by atoms with Gasteiger partial charge < -0.3 is 4.90 Å². The maximum Gasteiger partial charge on any atom is 0.0162 e. The summed E-state index contributed by atoms with van der Waals surface area (Å²) < 4.78 is 0. The molecule has 0 aliphatic heterocycles. The molecule has 1 nitrogen and oxygen atoms in total. The molecule has 0 saturated carbocycles. The van der Waals surface area contributed by atoms with Crippen LogP contribution in [0, 0.1) is 0 Å². The molecule has 0 bridgehead atoms. The molecule has 14 heavy (non-hydrogen) atoms. The van der Waals surface area contributed by atoms with Crippen molar-refractivity contribution in [2.45, 2.75) is 26.7 Å². The van der Waals surface area contributed by atoms with E-state index in [-0.39, 0.29) is 0 Å². The summed E-state index contributed by atoms with van der Waals surface area (Å²) in [6.07, 6.45) is 8.67. The molecule has 0 atom stereocenters. The average Bonchev–Trinajstić information content (AvgIpc) is 2.17. The maximum absolute atomic E-state index is 3.95. The van der Waals surface area contributed by atoms with Crippen LogP contribution in [0.5, 0.6) is 0 Å². The lowest BCUT2D eigenvalue weighted by Crippen LogP contribution is -2.10. The van der Waals surface area contributed by atoms with Crippen molar-refractivity contribution in [2.24, 2.45) is 0 Å². The summed E-state index contributed by atoms with van der Waals surface area (Å²) in [5.74, 6) is 0. The van der Waals surface area contributed by atoms with Gasteiger partial charge in [-0.3, -0.25) is 0 Å². The van der Waals surface area contributed by atoms with E-state index in [0.717, 1.165) is 19.4 Å². The van der Waals surface area contributed by atoms with E-state index in [0.29, 0.717) is 0 Å². The molecule has 0 saturated heterocycles. The van der Waals surface area contributed by atoms with Crippen molar-refractivity contribution in [2.75, 3.05) is 20.6 Å². The van der Waals surface area contributed by atoms with E-state index in [4.69, 9.17) is 0 Å².